The minimum Gasteiger partial charge on any atom is -0.409 e. The fourth-order valence-electron chi connectivity index (χ4n) is 1.55. The van der Waals surface area contributed by atoms with E-state index < -0.39 is 5.82 Å². The monoisotopic (exact) mass is 340 g/mol. The Labute approximate surface area is 122 Å². The first-order valence-corrected chi connectivity index (χ1v) is 6.92. The summed E-state index contributed by atoms with van der Waals surface area (Å²) in [6.07, 6.45) is 0. The van der Waals surface area contributed by atoms with Crippen LogP contribution in [0.4, 0.5) is 4.39 Å². The van der Waals surface area contributed by atoms with Crippen LogP contribution in [-0.4, -0.2) is 11.0 Å². The van der Waals surface area contributed by atoms with Crippen molar-refractivity contribution in [1.82, 2.24) is 0 Å². The van der Waals surface area contributed by atoms with Gasteiger partial charge >= 0.3 is 0 Å². The second-order valence-corrected chi connectivity index (χ2v) is 5.69. The van der Waals surface area contributed by atoms with Gasteiger partial charge < -0.3 is 10.9 Å². The van der Waals surface area contributed by atoms with E-state index in [-0.39, 0.29) is 11.4 Å². The average molecular weight is 341 g/mol. The second kappa shape index (κ2) is 6.08. The van der Waals surface area contributed by atoms with Crippen LogP contribution in [0.2, 0.25) is 0 Å². The highest BCUT2D eigenvalue weighted by Gasteiger charge is 2.14. The quantitative estimate of drug-likeness (QED) is 0.386. The lowest BCUT2D eigenvalue weighted by atomic mass is 10.2. The Balaban J connectivity index is 2.43. The van der Waals surface area contributed by atoms with E-state index in [0.29, 0.717) is 4.90 Å². The molecule has 0 amide bonds. The summed E-state index contributed by atoms with van der Waals surface area (Å²) in [5.41, 5.74) is 5.62. The van der Waals surface area contributed by atoms with Crippen LogP contribution in [-0.2, 0) is 0 Å². The van der Waals surface area contributed by atoms with Crippen LogP contribution >= 0.6 is 27.7 Å². The smallest absolute Gasteiger partial charge is 0.174 e. The van der Waals surface area contributed by atoms with Gasteiger partial charge in [-0.2, -0.15) is 0 Å². The topological polar surface area (TPSA) is 58.6 Å². The molecule has 0 aliphatic rings. The number of oxime groups is 1. The molecule has 0 bridgehead atoms. The van der Waals surface area contributed by atoms with Crippen LogP contribution in [0.5, 0.6) is 0 Å². The maximum Gasteiger partial charge on any atom is 0.174 e. The van der Waals surface area contributed by atoms with E-state index in [4.69, 9.17) is 10.9 Å². The van der Waals surface area contributed by atoms with Gasteiger partial charge in [0.25, 0.3) is 0 Å². The average Bonchev–Trinajstić information content (AvgIpc) is 2.38. The molecule has 0 atom stereocenters. The second-order valence-electron chi connectivity index (χ2n) is 3.66. The lowest BCUT2D eigenvalue weighted by molar-refractivity contribution is 0.318. The molecule has 0 heterocycles. The van der Waals surface area contributed by atoms with Gasteiger partial charge in [-0.05, 0) is 30.3 Å². The van der Waals surface area contributed by atoms with E-state index in [1.54, 1.807) is 12.1 Å². The molecule has 0 spiro atoms. The Morgan fingerprint density at radius 2 is 2.00 bits per heavy atom. The summed E-state index contributed by atoms with van der Waals surface area (Å²) >= 11 is 4.72. The molecule has 0 saturated heterocycles. The highest BCUT2D eigenvalue weighted by molar-refractivity contribution is 9.10. The van der Waals surface area contributed by atoms with Gasteiger partial charge in [-0.1, -0.05) is 45.0 Å². The molecule has 19 heavy (non-hydrogen) atoms. The summed E-state index contributed by atoms with van der Waals surface area (Å²) in [6, 6.07) is 12.2. The predicted octanol–water partition coefficient (Wildman–Crippen LogP) is 3.83. The first kappa shape index (κ1) is 13.9. The summed E-state index contributed by atoms with van der Waals surface area (Å²) in [5, 5.41) is 11.6. The zero-order chi connectivity index (χ0) is 13.8. The van der Waals surface area contributed by atoms with Crippen molar-refractivity contribution in [2.75, 3.05) is 0 Å². The third kappa shape index (κ3) is 3.27. The first-order valence-electron chi connectivity index (χ1n) is 5.31. The lowest BCUT2D eigenvalue weighted by Gasteiger charge is -2.09. The fraction of sp³-hybridized carbons (Fsp3) is 0. The molecule has 0 aliphatic carbocycles. The van der Waals surface area contributed by atoms with Gasteiger partial charge in [0, 0.05) is 14.3 Å². The maximum absolute atomic E-state index is 13.8. The van der Waals surface area contributed by atoms with Crippen molar-refractivity contribution in [2.45, 2.75) is 9.79 Å². The molecule has 0 radical (unpaired) electrons. The van der Waals surface area contributed by atoms with Gasteiger partial charge in [0.15, 0.2) is 5.84 Å². The van der Waals surface area contributed by atoms with E-state index in [1.165, 1.54) is 17.8 Å². The first-order chi connectivity index (χ1) is 9.11. The molecular weight excluding hydrogens is 331 g/mol. The molecule has 3 nitrogen and oxygen atoms in total. The Bertz CT molecular complexity index is 634. The van der Waals surface area contributed by atoms with Crippen molar-refractivity contribution in [3.63, 3.8) is 0 Å². The van der Waals surface area contributed by atoms with Gasteiger partial charge in [-0.25, -0.2) is 4.39 Å². The van der Waals surface area contributed by atoms with Gasteiger partial charge in [-0.15, -0.1) is 0 Å². The van der Waals surface area contributed by atoms with Crippen molar-refractivity contribution >= 4 is 33.5 Å². The molecule has 0 fully saturated rings. The van der Waals surface area contributed by atoms with Gasteiger partial charge in [-0.3, -0.25) is 0 Å². The summed E-state index contributed by atoms with van der Waals surface area (Å²) in [4.78, 5) is 1.51. The minimum atomic E-state index is -0.518. The Morgan fingerprint density at radius 1 is 1.26 bits per heavy atom. The maximum atomic E-state index is 13.8. The molecule has 0 aromatic heterocycles. The van der Waals surface area contributed by atoms with Gasteiger partial charge in [0.2, 0.25) is 0 Å². The van der Waals surface area contributed by atoms with Crippen LogP contribution in [0, 0.1) is 5.82 Å². The molecule has 6 heteroatoms. The summed E-state index contributed by atoms with van der Waals surface area (Å²) in [5.74, 6) is -0.758. The van der Waals surface area contributed by atoms with Gasteiger partial charge in [0.05, 0.1) is 5.56 Å². The summed E-state index contributed by atoms with van der Waals surface area (Å²) in [7, 11) is 0. The normalized spacial score (nSPS) is 11.6. The fourth-order valence-corrected chi connectivity index (χ4v) is 3.13. The molecule has 2 rings (SSSR count). The number of amidine groups is 1. The number of hydrogen-bond donors (Lipinski definition) is 2. The molecule has 3 N–H and O–H groups in total. The molecule has 0 unspecified atom stereocenters. The van der Waals surface area contributed by atoms with Crippen molar-refractivity contribution in [3.8, 4) is 0 Å². The van der Waals surface area contributed by atoms with Crippen LogP contribution in [0.25, 0.3) is 0 Å². The molecule has 0 aliphatic heterocycles. The molecule has 2 aromatic rings. The Kier molecular flexibility index (Phi) is 4.44. The van der Waals surface area contributed by atoms with E-state index in [0.717, 1.165) is 9.37 Å². The zero-order valence-corrected chi connectivity index (χ0v) is 12.1. The van der Waals surface area contributed by atoms with Gasteiger partial charge in [0.1, 0.15) is 5.82 Å². The summed E-state index contributed by atoms with van der Waals surface area (Å²) in [6.45, 7) is 0. The Morgan fingerprint density at radius 3 is 2.68 bits per heavy atom. The number of hydrogen-bond acceptors (Lipinski definition) is 3. The van der Waals surface area contributed by atoms with E-state index in [9.17, 15) is 4.39 Å². The summed E-state index contributed by atoms with van der Waals surface area (Å²) < 4.78 is 14.7. The van der Waals surface area contributed by atoms with Crippen molar-refractivity contribution in [3.05, 3.63) is 58.3 Å². The largest absolute Gasteiger partial charge is 0.409 e. The van der Waals surface area contributed by atoms with Crippen LogP contribution in [0.1, 0.15) is 5.56 Å². The van der Waals surface area contributed by atoms with E-state index >= 15 is 0 Å². The lowest BCUT2D eigenvalue weighted by Crippen LogP contribution is -2.16. The third-order valence-corrected chi connectivity index (χ3v) is 3.91. The number of halogens is 2. The number of nitrogens with two attached hydrogens (primary N) is 1. The Hall–Kier alpha value is -1.53. The number of rotatable bonds is 3. The number of benzene rings is 2. The molecular formula is C13H10BrFN2OS. The number of nitrogens with zero attached hydrogens (tertiary/aromatic N) is 1. The van der Waals surface area contributed by atoms with E-state index in [1.807, 2.05) is 24.3 Å². The van der Waals surface area contributed by atoms with E-state index in [2.05, 4.69) is 21.1 Å². The van der Waals surface area contributed by atoms with Crippen molar-refractivity contribution in [1.29, 1.82) is 0 Å². The highest BCUT2D eigenvalue weighted by atomic mass is 79.9. The van der Waals surface area contributed by atoms with Crippen LogP contribution in [0.15, 0.2) is 61.9 Å². The molecule has 0 saturated carbocycles. The van der Waals surface area contributed by atoms with Crippen LogP contribution < -0.4 is 5.73 Å². The third-order valence-electron chi connectivity index (χ3n) is 2.36. The zero-order valence-electron chi connectivity index (χ0n) is 9.68. The predicted molar refractivity (Wildman–Crippen MR) is 77.2 cm³/mol. The minimum absolute atomic E-state index is 0.106. The highest BCUT2D eigenvalue weighted by Crippen LogP contribution is 2.32. The molecule has 2 aromatic carbocycles. The molecule has 98 valence electrons. The SMILES string of the molecule is NC(=NO)c1c(F)cccc1Sc1cccc(Br)c1. The standard InChI is InChI=1S/C13H10BrFN2OS/c14-8-3-1-4-9(7-8)19-11-6-2-5-10(15)12(11)13(16)17-18/h1-7,18H,(H2,16,17). The van der Waals surface area contributed by atoms with Crippen molar-refractivity contribution in [2.24, 2.45) is 10.9 Å². The van der Waals surface area contributed by atoms with Crippen LogP contribution in [0.3, 0.4) is 0 Å². The van der Waals surface area contributed by atoms with Crippen molar-refractivity contribution < 1.29 is 9.60 Å².